The van der Waals surface area contributed by atoms with E-state index in [1.165, 1.54) is 13.0 Å². The molecule has 1 aromatic carbocycles. The molecule has 1 fully saturated rings. The van der Waals surface area contributed by atoms with E-state index in [-0.39, 0.29) is 30.2 Å². The van der Waals surface area contributed by atoms with Gasteiger partial charge in [-0.2, -0.15) is 0 Å². The van der Waals surface area contributed by atoms with E-state index in [1.807, 2.05) is 18.2 Å². The van der Waals surface area contributed by atoms with Crippen molar-refractivity contribution in [3.8, 4) is 0 Å². The fourth-order valence-electron chi connectivity index (χ4n) is 1.76. The van der Waals surface area contributed by atoms with Gasteiger partial charge in [-0.25, -0.2) is 4.79 Å². The molecule has 0 radical (unpaired) electrons. The maximum absolute atomic E-state index is 12.0. The van der Waals surface area contributed by atoms with Crippen LogP contribution in [0.1, 0.15) is 25.3 Å². The number of carbonyl (C=O) groups excluding carboxylic acids is 3. The molecule has 0 saturated heterocycles. The lowest BCUT2D eigenvalue weighted by atomic mass is 10.2. The van der Waals surface area contributed by atoms with Crippen LogP contribution in [0.2, 0.25) is 0 Å². The Hall–Kier alpha value is -2.63. The van der Waals surface area contributed by atoms with Crippen molar-refractivity contribution in [2.45, 2.75) is 25.8 Å². The number of hydrogen-bond acceptors (Lipinski definition) is 4. The van der Waals surface area contributed by atoms with E-state index < -0.39 is 5.97 Å². The zero-order chi connectivity index (χ0) is 15.9. The third-order valence-corrected chi connectivity index (χ3v) is 2.92. The van der Waals surface area contributed by atoms with Crippen LogP contribution in [-0.4, -0.2) is 30.4 Å². The van der Waals surface area contributed by atoms with Crippen LogP contribution in [0.15, 0.2) is 36.0 Å². The molecule has 0 unspecified atom stereocenters. The van der Waals surface area contributed by atoms with Crippen molar-refractivity contribution in [2.75, 3.05) is 6.61 Å². The van der Waals surface area contributed by atoms with Crippen molar-refractivity contribution in [2.24, 2.45) is 0 Å². The van der Waals surface area contributed by atoms with Crippen molar-refractivity contribution >= 4 is 23.9 Å². The summed E-state index contributed by atoms with van der Waals surface area (Å²) in [6, 6.07) is 9.25. The van der Waals surface area contributed by atoms with Gasteiger partial charge in [-0.3, -0.25) is 9.59 Å². The molecule has 2 amide bonds. The Morgan fingerprint density at radius 3 is 2.50 bits per heavy atom. The lowest BCUT2D eigenvalue weighted by Crippen LogP contribution is -2.32. The van der Waals surface area contributed by atoms with Crippen LogP contribution in [-0.2, 0) is 19.1 Å². The Morgan fingerprint density at radius 1 is 1.23 bits per heavy atom. The van der Waals surface area contributed by atoms with E-state index >= 15 is 0 Å². The van der Waals surface area contributed by atoms with Gasteiger partial charge in [0, 0.05) is 13.0 Å². The molecule has 0 bridgehead atoms. The predicted molar refractivity (Wildman–Crippen MR) is 80.4 cm³/mol. The Morgan fingerprint density at radius 2 is 1.91 bits per heavy atom. The summed E-state index contributed by atoms with van der Waals surface area (Å²) in [6.45, 7) is 0.937. The van der Waals surface area contributed by atoms with Crippen molar-refractivity contribution in [1.29, 1.82) is 0 Å². The third kappa shape index (κ3) is 5.40. The molecule has 0 heterocycles. The summed E-state index contributed by atoms with van der Waals surface area (Å²) in [6.07, 6.45) is 3.43. The Balaban J connectivity index is 1.97. The number of ether oxygens (including phenoxy) is 1. The Labute approximate surface area is 128 Å². The quantitative estimate of drug-likeness (QED) is 0.606. The molecule has 0 spiro atoms. The van der Waals surface area contributed by atoms with Crippen LogP contribution < -0.4 is 10.6 Å². The molecule has 0 aliphatic heterocycles. The zero-order valence-electron chi connectivity index (χ0n) is 12.3. The standard InChI is InChI=1S/C16H18N2O4/c1-11(19)17-14(9-12-5-3-2-4-6-12)16(21)22-10-15(20)18-13-7-8-13/h2-6,9,13H,7-8,10H2,1H3,(H,17,19)(H,18,20)/b14-9-. The molecule has 2 N–H and O–H groups in total. The van der Waals surface area contributed by atoms with Gasteiger partial charge in [-0.05, 0) is 24.5 Å². The highest BCUT2D eigenvalue weighted by Crippen LogP contribution is 2.18. The highest BCUT2D eigenvalue weighted by Gasteiger charge is 2.24. The molecule has 1 aliphatic carbocycles. The van der Waals surface area contributed by atoms with Crippen molar-refractivity contribution in [3.63, 3.8) is 0 Å². The van der Waals surface area contributed by atoms with Gasteiger partial charge in [0.05, 0.1) is 0 Å². The average Bonchev–Trinajstić information content (AvgIpc) is 3.28. The van der Waals surface area contributed by atoms with Crippen molar-refractivity contribution < 1.29 is 19.1 Å². The molecular weight excluding hydrogens is 284 g/mol. The minimum absolute atomic E-state index is 0.00192. The second-order valence-electron chi connectivity index (χ2n) is 5.07. The number of rotatable bonds is 6. The van der Waals surface area contributed by atoms with Gasteiger partial charge in [0.2, 0.25) is 5.91 Å². The topological polar surface area (TPSA) is 84.5 Å². The minimum atomic E-state index is -0.745. The molecule has 1 aromatic rings. The van der Waals surface area contributed by atoms with Gasteiger partial charge in [0.25, 0.3) is 5.91 Å². The molecule has 2 rings (SSSR count). The first kappa shape index (κ1) is 15.8. The van der Waals surface area contributed by atoms with E-state index in [4.69, 9.17) is 4.74 Å². The number of hydrogen-bond donors (Lipinski definition) is 2. The molecule has 22 heavy (non-hydrogen) atoms. The van der Waals surface area contributed by atoms with Crippen LogP contribution >= 0.6 is 0 Å². The third-order valence-electron chi connectivity index (χ3n) is 2.92. The lowest BCUT2D eigenvalue weighted by molar-refractivity contribution is -0.145. The summed E-state index contributed by atoms with van der Waals surface area (Å²) in [5, 5.41) is 5.14. The number of benzene rings is 1. The molecule has 1 saturated carbocycles. The second kappa shape index (κ2) is 7.40. The summed E-state index contributed by atoms with van der Waals surface area (Å²) in [5.41, 5.74) is 0.739. The van der Waals surface area contributed by atoms with Gasteiger partial charge in [0.15, 0.2) is 6.61 Å². The minimum Gasteiger partial charge on any atom is -0.451 e. The summed E-state index contributed by atoms with van der Waals surface area (Å²) >= 11 is 0. The maximum atomic E-state index is 12.0. The molecule has 6 nitrogen and oxygen atoms in total. The highest BCUT2D eigenvalue weighted by atomic mass is 16.5. The van der Waals surface area contributed by atoms with E-state index in [9.17, 15) is 14.4 Å². The summed E-state index contributed by atoms with van der Waals surface area (Å²) in [5.74, 6) is -1.47. The normalized spacial score (nSPS) is 14.1. The van der Waals surface area contributed by atoms with Crippen LogP contribution in [0.4, 0.5) is 0 Å². The van der Waals surface area contributed by atoms with E-state index in [1.54, 1.807) is 12.1 Å². The Bertz CT molecular complexity index is 591. The molecule has 1 aliphatic rings. The number of amides is 2. The first-order chi connectivity index (χ1) is 10.5. The van der Waals surface area contributed by atoms with Crippen LogP contribution in [0, 0.1) is 0 Å². The van der Waals surface area contributed by atoms with Gasteiger partial charge < -0.3 is 15.4 Å². The molecule has 0 atom stereocenters. The zero-order valence-corrected chi connectivity index (χ0v) is 12.3. The van der Waals surface area contributed by atoms with Gasteiger partial charge in [-0.15, -0.1) is 0 Å². The Kier molecular flexibility index (Phi) is 5.30. The van der Waals surface area contributed by atoms with E-state index in [0.717, 1.165) is 18.4 Å². The van der Waals surface area contributed by atoms with E-state index in [2.05, 4.69) is 10.6 Å². The van der Waals surface area contributed by atoms with Gasteiger partial charge in [-0.1, -0.05) is 30.3 Å². The molecular formula is C16H18N2O4. The number of carbonyl (C=O) groups is 3. The monoisotopic (exact) mass is 302 g/mol. The highest BCUT2D eigenvalue weighted by molar-refractivity contribution is 5.98. The maximum Gasteiger partial charge on any atom is 0.355 e. The molecule has 0 aromatic heterocycles. The van der Waals surface area contributed by atoms with Crippen molar-refractivity contribution in [1.82, 2.24) is 10.6 Å². The number of nitrogens with one attached hydrogen (secondary N) is 2. The first-order valence-corrected chi connectivity index (χ1v) is 7.05. The lowest BCUT2D eigenvalue weighted by Gasteiger charge is -2.09. The average molecular weight is 302 g/mol. The van der Waals surface area contributed by atoms with Crippen molar-refractivity contribution in [3.05, 3.63) is 41.6 Å². The molecule has 116 valence electrons. The first-order valence-electron chi connectivity index (χ1n) is 7.05. The van der Waals surface area contributed by atoms with Gasteiger partial charge in [0.1, 0.15) is 5.70 Å². The second-order valence-corrected chi connectivity index (χ2v) is 5.07. The van der Waals surface area contributed by atoms with Crippen LogP contribution in [0.5, 0.6) is 0 Å². The fraction of sp³-hybridized carbons (Fsp3) is 0.312. The SMILES string of the molecule is CC(=O)N/C(=C\c1ccccc1)C(=O)OCC(=O)NC1CC1. The predicted octanol–water partition coefficient (Wildman–Crippen LogP) is 0.985. The number of esters is 1. The summed E-state index contributed by atoms with van der Waals surface area (Å²) < 4.78 is 4.93. The largest absolute Gasteiger partial charge is 0.451 e. The summed E-state index contributed by atoms with van der Waals surface area (Å²) in [4.78, 5) is 34.7. The van der Waals surface area contributed by atoms with Gasteiger partial charge >= 0.3 is 5.97 Å². The van der Waals surface area contributed by atoms with E-state index in [0.29, 0.717) is 0 Å². The van der Waals surface area contributed by atoms with Crippen LogP contribution in [0.3, 0.4) is 0 Å². The summed E-state index contributed by atoms with van der Waals surface area (Å²) in [7, 11) is 0. The molecule has 6 heteroatoms. The fourth-order valence-corrected chi connectivity index (χ4v) is 1.76. The smallest absolute Gasteiger partial charge is 0.355 e. The van der Waals surface area contributed by atoms with Crippen LogP contribution in [0.25, 0.3) is 6.08 Å².